The Bertz CT molecular complexity index is 434. The zero-order chi connectivity index (χ0) is 13.7. The van der Waals surface area contributed by atoms with E-state index in [0.29, 0.717) is 12.5 Å². The largest absolute Gasteiger partial charge is 0.497 e. The molecule has 0 spiro atoms. The summed E-state index contributed by atoms with van der Waals surface area (Å²) in [5.41, 5.74) is 0.980. The highest BCUT2D eigenvalue weighted by Crippen LogP contribution is 2.13. The number of amides is 1. The third kappa shape index (κ3) is 3.96. The Labute approximate surface area is 114 Å². The molecule has 1 saturated heterocycles. The SMILES string of the molecule is COc1cccc(CC(=O)NC2CCCNC2C)c1. The van der Waals surface area contributed by atoms with Gasteiger partial charge in [0.25, 0.3) is 0 Å². The molecule has 1 aliphatic heterocycles. The summed E-state index contributed by atoms with van der Waals surface area (Å²) in [5, 5.41) is 6.50. The minimum absolute atomic E-state index is 0.0776. The number of methoxy groups -OCH3 is 1. The Morgan fingerprint density at radius 1 is 1.53 bits per heavy atom. The summed E-state index contributed by atoms with van der Waals surface area (Å²) < 4.78 is 5.16. The third-order valence-corrected chi connectivity index (χ3v) is 3.61. The van der Waals surface area contributed by atoms with Crippen LogP contribution in [0.15, 0.2) is 24.3 Å². The Morgan fingerprint density at radius 2 is 2.37 bits per heavy atom. The van der Waals surface area contributed by atoms with Crippen LogP contribution in [0.1, 0.15) is 25.3 Å². The fourth-order valence-electron chi connectivity index (χ4n) is 2.47. The van der Waals surface area contributed by atoms with E-state index >= 15 is 0 Å². The summed E-state index contributed by atoms with van der Waals surface area (Å²) in [5.74, 6) is 0.867. The molecule has 2 rings (SSSR count). The molecule has 0 saturated carbocycles. The van der Waals surface area contributed by atoms with Crippen molar-refractivity contribution in [3.63, 3.8) is 0 Å². The highest BCUT2D eigenvalue weighted by atomic mass is 16.5. The second-order valence-corrected chi connectivity index (χ2v) is 5.09. The van der Waals surface area contributed by atoms with E-state index in [9.17, 15) is 4.79 Å². The predicted octanol–water partition coefficient (Wildman–Crippen LogP) is 1.49. The Hall–Kier alpha value is -1.55. The first-order valence-corrected chi connectivity index (χ1v) is 6.84. The van der Waals surface area contributed by atoms with Gasteiger partial charge >= 0.3 is 0 Å². The van der Waals surface area contributed by atoms with Crippen molar-refractivity contribution in [2.45, 2.75) is 38.3 Å². The van der Waals surface area contributed by atoms with E-state index in [1.165, 1.54) is 0 Å². The first kappa shape index (κ1) is 13.9. The molecule has 1 aromatic rings. The second-order valence-electron chi connectivity index (χ2n) is 5.09. The number of carbonyl (C=O) groups is 1. The number of nitrogens with one attached hydrogen (secondary N) is 2. The number of hydrogen-bond donors (Lipinski definition) is 2. The molecule has 19 heavy (non-hydrogen) atoms. The molecule has 0 aromatic heterocycles. The fourth-order valence-corrected chi connectivity index (χ4v) is 2.47. The lowest BCUT2D eigenvalue weighted by atomic mass is 9.99. The predicted molar refractivity (Wildman–Crippen MR) is 75.3 cm³/mol. The van der Waals surface area contributed by atoms with Gasteiger partial charge in [-0.3, -0.25) is 4.79 Å². The highest BCUT2D eigenvalue weighted by Gasteiger charge is 2.22. The summed E-state index contributed by atoms with van der Waals surface area (Å²) >= 11 is 0. The van der Waals surface area contributed by atoms with Gasteiger partial charge in [-0.15, -0.1) is 0 Å². The van der Waals surface area contributed by atoms with Crippen molar-refractivity contribution in [3.8, 4) is 5.75 Å². The van der Waals surface area contributed by atoms with E-state index in [4.69, 9.17) is 4.74 Å². The molecule has 1 heterocycles. The van der Waals surface area contributed by atoms with Gasteiger partial charge in [0, 0.05) is 12.1 Å². The summed E-state index contributed by atoms with van der Waals surface area (Å²) in [7, 11) is 1.63. The molecule has 0 bridgehead atoms. The highest BCUT2D eigenvalue weighted by molar-refractivity contribution is 5.79. The first-order chi connectivity index (χ1) is 9.19. The molecule has 1 fully saturated rings. The molecule has 1 amide bonds. The average molecular weight is 262 g/mol. The lowest BCUT2D eigenvalue weighted by molar-refractivity contribution is -0.121. The van der Waals surface area contributed by atoms with Crippen LogP contribution in [0.2, 0.25) is 0 Å². The molecule has 4 heteroatoms. The number of carbonyl (C=O) groups excluding carboxylic acids is 1. The van der Waals surface area contributed by atoms with Crippen molar-refractivity contribution in [2.75, 3.05) is 13.7 Å². The average Bonchev–Trinajstić information content (AvgIpc) is 2.41. The quantitative estimate of drug-likeness (QED) is 0.864. The van der Waals surface area contributed by atoms with Crippen LogP contribution in [-0.4, -0.2) is 31.6 Å². The standard InChI is InChI=1S/C15H22N2O2/c1-11-14(7-4-8-16-11)17-15(18)10-12-5-3-6-13(9-12)19-2/h3,5-6,9,11,14,16H,4,7-8,10H2,1-2H3,(H,17,18). The molecule has 2 N–H and O–H groups in total. The van der Waals surface area contributed by atoms with Gasteiger partial charge < -0.3 is 15.4 Å². The van der Waals surface area contributed by atoms with E-state index in [1.54, 1.807) is 7.11 Å². The van der Waals surface area contributed by atoms with Crippen LogP contribution in [0.25, 0.3) is 0 Å². The van der Waals surface area contributed by atoms with Crippen LogP contribution < -0.4 is 15.4 Å². The maximum atomic E-state index is 12.0. The molecule has 0 radical (unpaired) electrons. The topological polar surface area (TPSA) is 50.4 Å². The van der Waals surface area contributed by atoms with E-state index < -0.39 is 0 Å². The van der Waals surface area contributed by atoms with E-state index in [2.05, 4.69) is 17.6 Å². The van der Waals surface area contributed by atoms with Crippen molar-refractivity contribution in [3.05, 3.63) is 29.8 Å². The molecule has 4 nitrogen and oxygen atoms in total. The molecule has 0 aliphatic carbocycles. The van der Waals surface area contributed by atoms with Crippen LogP contribution in [0.4, 0.5) is 0 Å². The lowest BCUT2D eigenvalue weighted by Gasteiger charge is -2.30. The molecule has 2 atom stereocenters. The van der Waals surface area contributed by atoms with Crippen molar-refractivity contribution in [1.29, 1.82) is 0 Å². The van der Waals surface area contributed by atoms with E-state index in [-0.39, 0.29) is 11.9 Å². The third-order valence-electron chi connectivity index (χ3n) is 3.61. The normalized spacial score (nSPS) is 22.8. The second kappa shape index (κ2) is 6.57. The van der Waals surface area contributed by atoms with Gasteiger partial charge in [0.15, 0.2) is 0 Å². The van der Waals surface area contributed by atoms with Crippen LogP contribution >= 0.6 is 0 Å². The molecular weight excluding hydrogens is 240 g/mol. The summed E-state index contributed by atoms with van der Waals surface area (Å²) in [6.45, 7) is 3.17. The Balaban J connectivity index is 1.89. The fraction of sp³-hybridized carbons (Fsp3) is 0.533. The summed E-state index contributed by atoms with van der Waals surface area (Å²) in [4.78, 5) is 12.0. The smallest absolute Gasteiger partial charge is 0.224 e. The van der Waals surface area contributed by atoms with Crippen molar-refractivity contribution < 1.29 is 9.53 Å². The van der Waals surface area contributed by atoms with E-state index in [1.807, 2.05) is 24.3 Å². The van der Waals surface area contributed by atoms with Crippen molar-refractivity contribution in [2.24, 2.45) is 0 Å². The zero-order valence-electron chi connectivity index (χ0n) is 11.6. The van der Waals surface area contributed by atoms with Gasteiger partial charge in [0.1, 0.15) is 5.75 Å². The molecule has 1 aromatic carbocycles. The van der Waals surface area contributed by atoms with Crippen LogP contribution in [0.5, 0.6) is 5.75 Å². The lowest BCUT2D eigenvalue weighted by Crippen LogP contribution is -2.52. The first-order valence-electron chi connectivity index (χ1n) is 6.84. The van der Waals surface area contributed by atoms with Crippen molar-refractivity contribution in [1.82, 2.24) is 10.6 Å². The maximum absolute atomic E-state index is 12.0. The number of ether oxygens (including phenoxy) is 1. The minimum atomic E-state index is 0.0776. The van der Waals surface area contributed by atoms with Crippen LogP contribution in [0.3, 0.4) is 0 Å². The van der Waals surface area contributed by atoms with Crippen LogP contribution in [-0.2, 0) is 11.2 Å². The van der Waals surface area contributed by atoms with Crippen molar-refractivity contribution >= 4 is 5.91 Å². The summed E-state index contributed by atoms with van der Waals surface area (Å²) in [6, 6.07) is 8.24. The maximum Gasteiger partial charge on any atom is 0.224 e. The molecule has 1 aliphatic rings. The summed E-state index contributed by atoms with van der Waals surface area (Å²) in [6.07, 6.45) is 2.58. The van der Waals surface area contributed by atoms with Gasteiger partial charge in [-0.2, -0.15) is 0 Å². The Kier molecular flexibility index (Phi) is 4.80. The zero-order valence-corrected chi connectivity index (χ0v) is 11.6. The molecule has 104 valence electrons. The van der Waals surface area contributed by atoms with Gasteiger partial charge in [-0.05, 0) is 44.0 Å². The van der Waals surface area contributed by atoms with Crippen LogP contribution in [0, 0.1) is 0 Å². The van der Waals surface area contributed by atoms with Gasteiger partial charge in [-0.25, -0.2) is 0 Å². The van der Waals surface area contributed by atoms with Gasteiger partial charge in [-0.1, -0.05) is 12.1 Å². The van der Waals surface area contributed by atoms with Gasteiger partial charge in [0.2, 0.25) is 5.91 Å². The molecular formula is C15H22N2O2. The number of piperidine rings is 1. The molecule has 2 unspecified atom stereocenters. The monoisotopic (exact) mass is 262 g/mol. The Morgan fingerprint density at radius 3 is 3.11 bits per heavy atom. The number of benzene rings is 1. The number of hydrogen-bond acceptors (Lipinski definition) is 3. The van der Waals surface area contributed by atoms with Gasteiger partial charge in [0.05, 0.1) is 13.5 Å². The number of rotatable bonds is 4. The van der Waals surface area contributed by atoms with E-state index in [0.717, 1.165) is 30.7 Å². The minimum Gasteiger partial charge on any atom is -0.497 e.